The second-order valence-electron chi connectivity index (χ2n) is 3.94. The van der Waals surface area contributed by atoms with Crippen molar-refractivity contribution in [3.8, 4) is 0 Å². The van der Waals surface area contributed by atoms with Crippen molar-refractivity contribution in [2.24, 2.45) is 11.8 Å². The summed E-state index contributed by atoms with van der Waals surface area (Å²) in [5.41, 5.74) is 0. The molecule has 0 saturated heterocycles. The van der Waals surface area contributed by atoms with Crippen LogP contribution in [0.25, 0.3) is 0 Å². The van der Waals surface area contributed by atoms with E-state index in [1.54, 1.807) is 13.8 Å². The Bertz CT molecular complexity index is 220. The van der Waals surface area contributed by atoms with Crippen LogP contribution < -0.4 is 0 Å². The van der Waals surface area contributed by atoms with E-state index in [9.17, 15) is 9.59 Å². The fourth-order valence-corrected chi connectivity index (χ4v) is 1.92. The lowest BCUT2D eigenvalue weighted by atomic mass is 9.86. The SMILES string of the molecule is CCCC(CC)C(C(=O)OCC)C(=O)OCC. The maximum absolute atomic E-state index is 11.8. The largest absolute Gasteiger partial charge is 0.465 e. The number of carbonyl (C=O) groups excluding carboxylic acids is 2. The maximum Gasteiger partial charge on any atom is 0.320 e. The van der Waals surface area contributed by atoms with Gasteiger partial charge < -0.3 is 9.47 Å². The van der Waals surface area contributed by atoms with E-state index >= 15 is 0 Å². The van der Waals surface area contributed by atoms with Gasteiger partial charge in [-0.25, -0.2) is 0 Å². The second-order valence-corrected chi connectivity index (χ2v) is 3.94. The van der Waals surface area contributed by atoms with Crippen LogP contribution in [-0.4, -0.2) is 25.2 Å². The van der Waals surface area contributed by atoms with E-state index in [1.807, 2.05) is 13.8 Å². The summed E-state index contributed by atoms with van der Waals surface area (Å²) in [5.74, 6) is -1.66. The van der Waals surface area contributed by atoms with Gasteiger partial charge >= 0.3 is 11.9 Å². The molecule has 0 rings (SSSR count). The fourth-order valence-electron chi connectivity index (χ4n) is 1.92. The average molecular weight is 244 g/mol. The molecule has 0 aromatic rings. The minimum atomic E-state index is -0.764. The average Bonchev–Trinajstić information content (AvgIpc) is 2.29. The summed E-state index contributed by atoms with van der Waals surface area (Å²) in [5, 5.41) is 0. The molecule has 1 atom stereocenters. The maximum atomic E-state index is 11.8. The Hall–Kier alpha value is -1.06. The second kappa shape index (κ2) is 9.02. The zero-order chi connectivity index (χ0) is 13.3. The molecule has 1 unspecified atom stereocenters. The smallest absolute Gasteiger partial charge is 0.320 e. The van der Waals surface area contributed by atoms with E-state index in [2.05, 4.69) is 0 Å². The Kier molecular flexibility index (Phi) is 8.46. The Balaban J connectivity index is 4.79. The molecule has 0 saturated carbocycles. The van der Waals surface area contributed by atoms with Crippen LogP contribution in [0.2, 0.25) is 0 Å². The Morgan fingerprint density at radius 3 is 1.71 bits per heavy atom. The number of esters is 2. The molecule has 0 aliphatic rings. The molecule has 4 heteroatoms. The van der Waals surface area contributed by atoms with Crippen molar-refractivity contribution < 1.29 is 19.1 Å². The van der Waals surface area contributed by atoms with E-state index in [-0.39, 0.29) is 19.1 Å². The lowest BCUT2D eigenvalue weighted by Crippen LogP contribution is -2.34. The van der Waals surface area contributed by atoms with E-state index in [0.29, 0.717) is 0 Å². The van der Waals surface area contributed by atoms with Crippen molar-refractivity contribution in [3.63, 3.8) is 0 Å². The molecule has 0 aromatic carbocycles. The zero-order valence-electron chi connectivity index (χ0n) is 11.3. The summed E-state index contributed by atoms with van der Waals surface area (Å²) >= 11 is 0. The van der Waals surface area contributed by atoms with Crippen LogP contribution in [0.5, 0.6) is 0 Å². The number of rotatable bonds is 8. The van der Waals surface area contributed by atoms with Crippen LogP contribution in [0.15, 0.2) is 0 Å². The number of carbonyl (C=O) groups is 2. The van der Waals surface area contributed by atoms with E-state index in [1.165, 1.54) is 0 Å². The first-order chi connectivity index (χ1) is 8.12. The summed E-state index contributed by atoms with van der Waals surface area (Å²) in [6.07, 6.45) is 2.54. The predicted molar refractivity (Wildman–Crippen MR) is 65.4 cm³/mol. The van der Waals surface area contributed by atoms with Crippen molar-refractivity contribution in [3.05, 3.63) is 0 Å². The molecule has 0 aliphatic heterocycles. The first kappa shape index (κ1) is 15.9. The molecular weight excluding hydrogens is 220 g/mol. The highest BCUT2D eigenvalue weighted by Gasteiger charge is 2.35. The Morgan fingerprint density at radius 1 is 0.941 bits per heavy atom. The predicted octanol–water partition coefficient (Wildman–Crippen LogP) is 2.56. The molecule has 0 amide bonds. The standard InChI is InChI=1S/C13H24O4/c1-5-9-10(6-2)11(12(14)16-7-3)13(15)17-8-4/h10-11H,5-9H2,1-4H3. The van der Waals surface area contributed by atoms with Crippen molar-refractivity contribution in [2.45, 2.75) is 47.0 Å². The third-order valence-corrected chi connectivity index (χ3v) is 2.74. The summed E-state index contributed by atoms with van der Waals surface area (Å²) in [6.45, 7) is 8.07. The molecular formula is C13H24O4. The highest BCUT2D eigenvalue weighted by molar-refractivity contribution is 5.95. The molecule has 100 valence electrons. The lowest BCUT2D eigenvalue weighted by molar-refractivity contribution is -0.164. The molecule has 0 bridgehead atoms. The van der Waals surface area contributed by atoms with Gasteiger partial charge in [-0.2, -0.15) is 0 Å². The van der Waals surface area contributed by atoms with Crippen molar-refractivity contribution in [1.82, 2.24) is 0 Å². The topological polar surface area (TPSA) is 52.6 Å². The Morgan fingerprint density at radius 2 is 1.41 bits per heavy atom. The van der Waals surface area contributed by atoms with Gasteiger partial charge in [-0.1, -0.05) is 26.7 Å². The highest BCUT2D eigenvalue weighted by Crippen LogP contribution is 2.24. The zero-order valence-corrected chi connectivity index (χ0v) is 11.3. The van der Waals surface area contributed by atoms with Crippen LogP contribution in [0.3, 0.4) is 0 Å². The first-order valence-corrected chi connectivity index (χ1v) is 6.45. The summed E-state index contributed by atoms with van der Waals surface area (Å²) in [7, 11) is 0. The van der Waals surface area contributed by atoms with Gasteiger partial charge in [0.1, 0.15) is 0 Å². The molecule has 17 heavy (non-hydrogen) atoms. The van der Waals surface area contributed by atoms with Gasteiger partial charge in [0.2, 0.25) is 0 Å². The van der Waals surface area contributed by atoms with E-state index in [4.69, 9.17) is 9.47 Å². The van der Waals surface area contributed by atoms with Crippen molar-refractivity contribution >= 4 is 11.9 Å². The molecule has 0 aromatic heterocycles. The Labute approximate surface area is 104 Å². The summed E-state index contributed by atoms with van der Waals surface area (Å²) < 4.78 is 9.92. The van der Waals surface area contributed by atoms with Gasteiger partial charge in [-0.3, -0.25) is 9.59 Å². The van der Waals surface area contributed by atoms with Gasteiger partial charge in [-0.05, 0) is 26.2 Å². The van der Waals surface area contributed by atoms with Gasteiger partial charge in [0, 0.05) is 0 Å². The first-order valence-electron chi connectivity index (χ1n) is 6.45. The summed E-state index contributed by atoms with van der Waals surface area (Å²) in [4.78, 5) is 23.6. The van der Waals surface area contributed by atoms with Crippen LogP contribution in [-0.2, 0) is 19.1 Å². The number of hydrogen-bond donors (Lipinski definition) is 0. The molecule has 0 spiro atoms. The van der Waals surface area contributed by atoms with E-state index in [0.717, 1.165) is 19.3 Å². The van der Waals surface area contributed by atoms with Crippen LogP contribution >= 0.6 is 0 Å². The molecule has 0 N–H and O–H groups in total. The molecule has 0 radical (unpaired) electrons. The van der Waals surface area contributed by atoms with Gasteiger partial charge in [0.15, 0.2) is 5.92 Å². The van der Waals surface area contributed by atoms with Gasteiger partial charge in [0.25, 0.3) is 0 Å². The molecule has 0 aliphatic carbocycles. The van der Waals surface area contributed by atoms with Crippen LogP contribution in [0.4, 0.5) is 0 Å². The number of ether oxygens (including phenoxy) is 2. The quantitative estimate of drug-likeness (QED) is 0.486. The number of hydrogen-bond acceptors (Lipinski definition) is 4. The molecule has 0 heterocycles. The third-order valence-electron chi connectivity index (χ3n) is 2.74. The van der Waals surface area contributed by atoms with Crippen molar-refractivity contribution in [1.29, 1.82) is 0 Å². The van der Waals surface area contributed by atoms with Crippen LogP contribution in [0.1, 0.15) is 47.0 Å². The lowest BCUT2D eigenvalue weighted by Gasteiger charge is -2.22. The normalized spacial score (nSPS) is 12.3. The van der Waals surface area contributed by atoms with Crippen molar-refractivity contribution in [2.75, 3.05) is 13.2 Å². The van der Waals surface area contributed by atoms with Gasteiger partial charge in [-0.15, -0.1) is 0 Å². The monoisotopic (exact) mass is 244 g/mol. The van der Waals surface area contributed by atoms with Gasteiger partial charge in [0.05, 0.1) is 13.2 Å². The molecule has 0 fully saturated rings. The minimum Gasteiger partial charge on any atom is -0.465 e. The highest BCUT2D eigenvalue weighted by atomic mass is 16.6. The minimum absolute atomic E-state index is 0.0121. The summed E-state index contributed by atoms with van der Waals surface area (Å²) in [6, 6.07) is 0. The van der Waals surface area contributed by atoms with Crippen LogP contribution in [0, 0.1) is 11.8 Å². The fraction of sp³-hybridized carbons (Fsp3) is 0.846. The van der Waals surface area contributed by atoms with E-state index < -0.39 is 17.9 Å². The third kappa shape index (κ3) is 5.20. The molecule has 4 nitrogen and oxygen atoms in total.